The molecule has 0 aliphatic carbocycles. The van der Waals surface area contributed by atoms with Gasteiger partial charge in [0.1, 0.15) is 5.75 Å². The number of ether oxygens (including phenoxy) is 1. The highest BCUT2D eigenvalue weighted by molar-refractivity contribution is 5.73. The summed E-state index contributed by atoms with van der Waals surface area (Å²) >= 11 is 0. The van der Waals surface area contributed by atoms with Crippen molar-refractivity contribution >= 4 is 6.03 Å². The Labute approximate surface area is 127 Å². The van der Waals surface area contributed by atoms with Gasteiger partial charge in [0.25, 0.3) is 0 Å². The first kappa shape index (κ1) is 15.6. The second-order valence-corrected chi connectivity index (χ2v) is 5.60. The Morgan fingerprint density at radius 2 is 1.76 bits per heavy atom. The lowest BCUT2D eigenvalue weighted by Crippen LogP contribution is -2.51. The Hall–Kier alpha value is -1.75. The Morgan fingerprint density at radius 1 is 1.14 bits per heavy atom. The maximum absolute atomic E-state index is 11.9. The van der Waals surface area contributed by atoms with E-state index in [0.717, 1.165) is 44.9 Å². The van der Waals surface area contributed by atoms with E-state index in [1.54, 1.807) is 26.1 Å². The van der Waals surface area contributed by atoms with Crippen molar-refractivity contribution in [2.45, 2.75) is 6.42 Å². The molecule has 0 N–H and O–H groups in total. The van der Waals surface area contributed by atoms with Crippen molar-refractivity contribution in [1.82, 2.24) is 14.7 Å². The maximum atomic E-state index is 11.9. The number of hydrogen-bond donors (Lipinski definition) is 0. The van der Waals surface area contributed by atoms with Crippen LogP contribution in [-0.4, -0.2) is 74.7 Å². The van der Waals surface area contributed by atoms with Gasteiger partial charge in [0.2, 0.25) is 0 Å². The van der Waals surface area contributed by atoms with Crippen LogP contribution in [0.4, 0.5) is 4.79 Å². The summed E-state index contributed by atoms with van der Waals surface area (Å²) in [4.78, 5) is 17.9. The Bertz CT molecular complexity index is 451. The molecule has 0 bridgehead atoms. The van der Waals surface area contributed by atoms with E-state index in [9.17, 15) is 4.79 Å². The minimum atomic E-state index is 0.116. The summed E-state index contributed by atoms with van der Waals surface area (Å²) in [6.07, 6.45) is 1.03. The molecule has 1 saturated heterocycles. The molecule has 116 valence electrons. The third-order valence-corrected chi connectivity index (χ3v) is 3.90. The largest absolute Gasteiger partial charge is 0.497 e. The number of benzene rings is 1. The van der Waals surface area contributed by atoms with Crippen molar-refractivity contribution in [3.8, 4) is 5.75 Å². The molecule has 1 aromatic carbocycles. The summed E-state index contributed by atoms with van der Waals surface area (Å²) in [5.41, 5.74) is 1.32. The van der Waals surface area contributed by atoms with Crippen LogP contribution in [0.15, 0.2) is 24.3 Å². The molecule has 1 heterocycles. The number of hydrogen-bond acceptors (Lipinski definition) is 3. The minimum absolute atomic E-state index is 0.116. The van der Waals surface area contributed by atoms with Gasteiger partial charge >= 0.3 is 6.03 Å². The van der Waals surface area contributed by atoms with Crippen LogP contribution in [0.3, 0.4) is 0 Å². The van der Waals surface area contributed by atoms with E-state index in [2.05, 4.69) is 17.0 Å². The molecular weight excluding hydrogens is 266 g/mol. The van der Waals surface area contributed by atoms with E-state index in [4.69, 9.17) is 4.74 Å². The van der Waals surface area contributed by atoms with Crippen LogP contribution < -0.4 is 4.74 Å². The molecule has 0 spiro atoms. The Kier molecular flexibility index (Phi) is 5.44. The van der Waals surface area contributed by atoms with Gasteiger partial charge < -0.3 is 14.5 Å². The van der Waals surface area contributed by atoms with E-state index < -0.39 is 0 Å². The number of rotatable bonds is 4. The number of urea groups is 1. The summed E-state index contributed by atoms with van der Waals surface area (Å²) in [6.45, 7) is 4.58. The lowest BCUT2D eigenvalue weighted by molar-refractivity contribution is 0.124. The summed E-state index contributed by atoms with van der Waals surface area (Å²) in [6, 6.07) is 8.35. The zero-order chi connectivity index (χ0) is 15.2. The molecule has 1 aliphatic rings. The van der Waals surface area contributed by atoms with Crippen LogP contribution >= 0.6 is 0 Å². The standard InChI is InChI=1S/C16H25N3O2/c1-17(2)16(20)19-12-10-18(11-13-19)9-8-14-4-6-15(21-3)7-5-14/h4-7H,8-13H2,1-3H3. The average Bonchev–Trinajstić information content (AvgIpc) is 2.53. The molecule has 0 aromatic heterocycles. The van der Waals surface area contributed by atoms with Gasteiger partial charge in [0.15, 0.2) is 0 Å². The van der Waals surface area contributed by atoms with Gasteiger partial charge in [-0.15, -0.1) is 0 Å². The average molecular weight is 291 g/mol. The summed E-state index contributed by atoms with van der Waals surface area (Å²) in [7, 11) is 5.29. The number of methoxy groups -OCH3 is 1. The molecule has 2 amide bonds. The van der Waals surface area contributed by atoms with Crippen LogP contribution in [0.25, 0.3) is 0 Å². The first-order valence-corrected chi connectivity index (χ1v) is 7.41. The second kappa shape index (κ2) is 7.31. The maximum Gasteiger partial charge on any atom is 0.319 e. The highest BCUT2D eigenvalue weighted by Gasteiger charge is 2.21. The van der Waals surface area contributed by atoms with Gasteiger partial charge in [-0.05, 0) is 24.1 Å². The highest BCUT2D eigenvalue weighted by Crippen LogP contribution is 2.12. The minimum Gasteiger partial charge on any atom is -0.497 e. The number of carbonyl (C=O) groups is 1. The fraction of sp³-hybridized carbons (Fsp3) is 0.562. The van der Waals surface area contributed by atoms with Gasteiger partial charge in [-0.3, -0.25) is 4.90 Å². The zero-order valence-electron chi connectivity index (χ0n) is 13.2. The normalized spacial score (nSPS) is 15.9. The van der Waals surface area contributed by atoms with Crippen molar-refractivity contribution in [2.75, 3.05) is 53.9 Å². The van der Waals surface area contributed by atoms with Crippen molar-refractivity contribution < 1.29 is 9.53 Å². The Balaban J connectivity index is 1.74. The fourth-order valence-electron chi connectivity index (χ4n) is 2.53. The number of nitrogens with zero attached hydrogens (tertiary/aromatic N) is 3. The number of carbonyl (C=O) groups excluding carboxylic acids is 1. The molecule has 21 heavy (non-hydrogen) atoms. The van der Waals surface area contributed by atoms with Gasteiger partial charge in [0.05, 0.1) is 7.11 Å². The van der Waals surface area contributed by atoms with Crippen molar-refractivity contribution in [3.63, 3.8) is 0 Å². The molecule has 1 fully saturated rings. The zero-order valence-corrected chi connectivity index (χ0v) is 13.2. The van der Waals surface area contributed by atoms with Crippen LogP contribution in [0, 0.1) is 0 Å². The van der Waals surface area contributed by atoms with Gasteiger partial charge in [-0.25, -0.2) is 4.79 Å². The van der Waals surface area contributed by atoms with E-state index in [-0.39, 0.29) is 6.03 Å². The predicted molar refractivity (Wildman–Crippen MR) is 83.8 cm³/mol. The van der Waals surface area contributed by atoms with Crippen LogP contribution in [0.5, 0.6) is 5.75 Å². The monoisotopic (exact) mass is 291 g/mol. The SMILES string of the molecule is COc1ccc(CCN2CCN(C(=O)N(C)C)CC2)cc1. The summed E-state index contributed by atoms with van der Waals surface area (Å²) < 4.78 is 5.17. The van der Waals surface area contributed by atoms with Crippen molar-refractivity contribution in [1.29, 1.82) is 0 Å². The molecule has 1 aromatic rings. The second-order valence-electron chi connectivity index (χ2n) is 5.60. The topological polar surface area (TPSA) is 36.0 Å². The molecule has 0 radical (unpaired) electrons. The molecular formula is C16H25N3O2. The molecule has 5 heteroatoms. The molecule has 5 nitrogen and oxygen atoms in total. The van der Waals surface area contributed by atoms with Gasteiger partial charge in [-0.2, -0.15) is 0 Å². The van der Waals surface area contributed by atoms with Crippen molar-refractivity contribution in [3.05, 3.63) is 29.8 Å². The van der Waals surface area contributed by atoms with Gasteiger partial charge in [0, 0.05) is 46.8 Å². The first-order chi connectivity index (χ1) is 10.1. The highest BCUT2D eigenvalue weighted by atomic mass is 16.5. The van der Waals surface area contributed by atoms with E-state index in [1.807, 2.05) is 17.0 Å². The summed E-state index contributed by atoms with van der Waals surface area (Å²) in [5.74, 6) is 0.898. The number of piperazine rings is 1. The lowest BCUT2D eigenvalue weighted by Gasteiger charge is -2.35. The van der Waals surface area contributed by atoms with E-state index in [0.29, 0.717) is 0 Å². The molecule has 2 rings (SSSR count). The van der Waals surface area contributed by atoms with E-state index >= 15 is 0 Å². The third-order valence-electron chi connectivity index (χ3n) is 3.90. The summed E-state index contributed by atoms with van der Waals surface area (Å²) in [5, 5.41) is 0. The molecule has 0 saturated carbocycles. The number of amides is 2. The van der Waals surface area contributed by atoms with Crippen LogP contribution in [-0.2, 0) is 6.42 Å². The molecule has 0 atom stereocenters. The molecule has 1 aliphatic heterocycles. The fourth-order valence-corrected chi connectivity index (χ4v) is 2.53. The third kappa shape index (κ3) is 4.36. The quantitative estimate of drug-likeness (QED) is 0.844. The molecule has 0 unspecified atom stereocenters. The Morgan fingerprint density at radius 3 is 2.29 bits per heavy atom. The van der Waals surface area contributed by atoms with Crippen molar-refractivity contribution in [2.24, 2.45) is 0 Å². The predicted octanol–water partition coefficient (Wildman–Crippen LogP) is 1.54. The van der Waals surface area contributed by atoms with Gasteiger partial charge in [-0.1, -0.05) is 12.1 Å². The van der Waals surface area contributed by atoms with Crippen LogP contribution in [0.2, 0.25) is 0 Å². The van der Waals surface area contributed by atoms with E-state index in [1.165, 1.54) is 5.56 Å². The lowest BCUT2D eigenvalue weighted by atomic mass is 10.1. The van der Waals surface area contributed by atoms with Crippen LogP contribution in [0.1, 0.15) is 5.56 Å². The first-order valence-electron chi connectivity index (χ1n) is 7.41. The smallest absolute Gasteiger partial charge is 0.319 e.